The van der Waals surface area contributed by atoms with Crippen LogP contribution in [0.25, 0.3) is 0 Å². The van der Waals surface area contributed by atoms with Gasteiger partial charge in [0.15, 0.2) is 0 Å². The van der Waals surface area contributed by atoms with Crippen LogP contribution in [0, 0.1) is 18.3 Å². The van der Waals surface area contributed by atoms with E-state index < -0.39 is 0 Å². The van der Waals surface area contributed by atoms with Crippen molar-refractivity contribution in [3.8, 4) is 6.07 Å². The zero-order chi connectivity index (χ0) is 12.8. The van der Waals surface area contributed by atoms with Gasteiger partial charge in [0.2, 0.25) is 5.91 Å². The monoisotopic (exact) mass is 359 g/mol. The normalized spacial score (nSPS) is 9.53. The lowest BCUT2D eigenvalue weighted by atomic mass is 10.2. The lowest BCUT2D eigenvalue weighted by Crippen LogP contribution is -2.30. The van der Waals surface area contributed by atoms with Gasteiger partial charge in [-0.1, -0.05) is 0 Å². The third-order valence-corrected chi connectivity index (χ3v) is 3.23. The van der Waals surface area contributed by atoms with E-state index >= 15 is 0 Å². The van der Waals surface area contributed by atoms with E-state index in [4.69, 9.17) is 5.26 Å². The highest BCUT2D eigenvalue weighted by Crippen LogP contribution is 2.31. The van der Waals surface area contributed by atoms with E-state index in [1.165, 1.54) is 0 Å². The van der Waals surface area contributed by atoms with E-state index in [1.54, 1.807) is 0 Å². The average Bonchev–Trinajstić information content (AvgIpc) is 2.24. The number of nitrogens with zero attached hydrogens (tertiary/aromatic N) is 1. The zero-order valence-corrected chi connectivity index (χ0v) is 12.4. The van der Waals surface area contributed by atoms with Gasteiger partial charge >= 0.3 is 0 Å². The van der Waals surface area contributed by atoms with Crippen molar-refractivity contribution in [2.24, 2.45) is 0 Å². The van der Waals surface area contributed by atoms with Crippen LogP contribution in [-0.4, -0.2) is 19.0 Å². The van der Waals surface area contributed by atoms with Crippen LogP contribution in [0.15, 0.2) is 21.1 Å². The molecule has 1 aromatic carbocycles. The summed E-state index contributed by atoms with van der Waals surface area (Å²) in [5, 5.41) is 13.8. The molecule has 0 fully saturated rings. The van der Waals surface area contributed by atoms with Gasteiger partial charge in [-0.15, -0.1) is 0 Å². The molecule has 4 nitrogen and oxygen atoms in total. The number of hydrogen-bond donors (Lipinski definition) is 2. The highest BCUT2D eigenvalue weighted by molar-refractivity contribution is 9.11. The van der Waals surface area contributed by atoms with Crippen molar-refractivity contribution in [1.82, 2.24) is 5.32 Å². The maximum Gasteiger partial charge on any atom is 0.240 e. The summed E-state index contributed by atoms with van der Waals surface area (Å²) < 4.78 is 1.77. The Kier molecular flexibility index (Phi) is 5.45. The molecule has 0 unspecified atom stereocenters. The number of nitriles is 1. The number of benzene rings is 1. The van der Waals surface area contributed by atoms with Crippen molar-refractivity contribution >= 4 is 43.5 Å². The molecule has 0 saturated heterocycles. The van der Waals surface area contributed by atoms with E-state index in [1.807, 2.05) is 25.1 Å². The minimum Gasteiger partial charge on any atom is -0.374 e. The maximum absolute atomic E-state index is 11.3. The molecule has 1 aromatic rings. The number of rotatable bonds is 4. The molecule has 0 aliphatic carbocycles. The van der Waals surface area contributed by atoms with Gasteiger partial charge in [0.25, 0.3) is 0 Å². The number of anilines is 1. The molecule has 0 aliphatic heterocycles. The van der Waals surface area contributed by atoms with Gasteiger partial charge in [0.05, 0.1) is 18.3 Å². The molecule has 0 bridgehead atoms. The summed E-state index contributed by atoms with van der Waals surface area (Å²) in [5.41, 5.74) is 1.94. The van der Waals surface area contributed by atoms with Gasteiger partial charge < -0.3 is 10.6 Å². The van der Waals surface area contributed by atoms with E-state index in [9.17, 15) is 4.79 Å². The Balaban J connectivity index is 2.64. The van der Waals surface area contributed by atoms with Crippen LogP contribution in [-0.2, 0) is 4.79 Å². The maximum atomic E-state index is 11.3. The summed E-state index contributed by atoms with van der Waals surface area (Å²) in [6.07, 6.45) is 0. The van der Waals surface area contributed by atoms with E-state index in [0.717, 1.165) is 20.2 Å². The zero-order valence-electron chi connectivity index (χ0n) is 9.18. The summed E-state index contributed by atoms with van der Waals surface area (Å²) in [7, 11) is 0. The van der Waals surface area contributed by atoms with Gasteiger partial charge in [-0.25, -0.2) is 0 Å². The molecule has 2 N–H and O–H groups in total. The molecule has 90 valence electrons. The lowest BCUT2D eigenvalue weighted by molar-refractivity contribution is -0.119. The number of carbonyl (C=O) groups excluding carboxylic acids is 1. The Bertz CT molecular complexity index is 445. The van der Waals surface area contributed by atoms with Crippen molar-refractivity contribution in [3.63, 3.8) is 0 Å². The molecule has 0 heterocycles. The van der Waals surface area contributed by atoms with E-state index in [2.05, 4.69) is 42.5 Å². The molecule has 1 rings (SSSR count). The largest absolute Gasteiger partial charge is 0.374 e. The van der Waals surface area contributed by atoms with Gasteiger partial charge in [-0.3, -0.25) is 4.79 Å². The van der Waals surface area contributed by atoms with Crippen molar-refractivity contribution in [2.45, 2.75) is 6.92 Å². The number of halogens is 2. The fraction of sp³-hybridized carbons (Fsp3) is 0.273. The third-order valence-electron chi connectivity index (χ3n) is 1.98. The van der Waals surface area contributed by atoms with Crippen molar-refractivity contribution in [1.29, 1.82) is 5.26 Å². The second-order valence-electron chi connectivity index (χ2n) is 3.39. The van der Waals surface area contributed by atoms with Crippen LogP contribution in [0.2, 0.25) is 0 Å². The molecule has 0 atom stereocenters. The minimum atomic E-state index is -0.217. The number of hydrogen-bond acceptors (Lipinski definition) is 3. The topological polar surface area (TPSA) is 64.9 Å². The molecule has 0 aromatic heterocycles. The molecule has 1 amide bonds. The molecule has 0 spiro atoms. The Morgan fingerprint density at radius 2 is 2.00 bits per heavy atom. The number of carbonyl (C=O) groups is 1. The molecule has 0 aliphatic rings. The van der Waals surface area contributed by atoms with Crippen molar-refractivity contribution in [2.75, 3.05) is 18.4 Å². The molecule has 0 saturated carbocycles. The van der Waals surface area contributed by atoms with E-state index in [0.29, 0.717) is 0 Å². The summed E-state index contributed by atoms with van der Waals surface area (Å²) in [5.74, 6) is -0.217. The Labute approximate surface area is 117 Å². The highest BCUT2D eigenvalue weighted by Gasteiger charge is 2.07. The quantitative estimate of drug-likeness (QED) is 0.811. The summed E-state index contributed by atoms with van der Waals surface area (Å²) in [6, 6.07) is 5.77. The predicted molar refractivity (Wildman–Crippen MR) is 73.7 cm³/mol. The van der Waals surface area contributed by atoms with Gasteiger partial charge in [-0.2, -0.15) is 5.26 Å². The van der Waals surface area contributed by atoms with Crippen LogP contribution in [0.5, 0.6) is 0 Å². The van der Waals surface area contributed by atoms with E-state index in [-0.39, 0.29) is 19.0 Å². The first-order valence-corrected chi connectivity index (χ1v) is 6.46. The van der Waals surface area contributed by atoms with Crippen LogP contribution in [0.1, 0.15) is 5.56 Å². The standard InChI is InChI=1S/C11H11Br2N3O/c1-7-4-8(12)11(9(13)5-7)16-6-10(17)15-3-2-14/h4-5,16H,3,6H2,1H3,(H,15,17). The summed E-state index contributed by atoms with van der Waals surface area (Å²) >= 11 is 6.85. The summed E-state index contributed by atoms with van der Waals surface area (Å²) in [4.78, 5) is 11.3. The van der Waals surface area contributed by atoms with Gasteiger partial charge in [0, 0.05) is 8.95 Å². The molecule has 0 radical (unpaired) electrons. The van der Waals surface area contributed by atoms with Gasteiger partial charge in [0.1, 0.15) is 6.54 Å². The van der Waals surface area contributed by atoms with Crippen LogP contribution >= 0.6 is 31.9 Å². The smallest absolute Gasteiger partial charge is 0.240 e. The van der Waals surface area contributed by atoms with Crippen LogP contribution < -0.4 is 10.6 Å². The Hall–Kier alpha value is -1.06. The number of amides is 1. The second kappa shape index (κ2) is 6.62. The second-order valence-corrected chi connectivity index (χ2v) is 5.10. The lowest BCUT2D eigenvalue weighted by Gasteiger charge is -2.11. The van der Waals surface area contributed by atoms with Crippen LogP contribution in [0.4, 0.5) is 5.69 Å². The molecular weight excluding hydrogens is 350 g/mol. The number of nitrogens with one attached hydrogen (secondary N) is 2. The Morgan fingerprint density at radius 1 is 1.41 bits per heavy atom. The minimum absolute atomic E-state index is 0.0246. The third kappa shape index (κ3) is 4.36. The first kappa shape index (κ1) is 14.0. The Morgan fingerprint density at radius 3 is 2.53 bits per heavy atom. The van der Waals surface area contributed by atoms with Crippen molar-refractivity contribution in [3.05, 3.63) is 26.6 Å². The highest BCUT2D eigenvalue weighted by atomic mass is 79.9. The fourth-order valence-corrected chi connectivity index (χ4v) is 2.93. The summed E-state index contributed by atoms with van der Waals surface area (Å²) in [6.45, 7) is 2.14. The fourth-order valence-electron chi connectivity index (χ4n) is 1.24. The van der Waals surface area contributed by atoms with Crippen LogP contribution in [0.3, 0.4) is 0 Å². The SMILES string of the molecule is Cc1cc(Br)c(NCC(=O)NCC#N)c(Br)c1. The first-order chi connectivity index (χ1) is 8.04. The molecular formula is C11H11Br2N3O. The molecule has 6 heteroatoms. The van der Waals surface area contributed by atoms with Crippen molar-refractivity contribution < 1.29 is 4.79 Å². The predicted octanol–water partition coefficient (Wildman–Crippen LogP) is 2.57. The first-order valence-electron chi connectivity index (χ1n) is 4.87. The number of aryl methyl sites for hydroxylation is 1. The average molecular weight is 361 g/mol. The van der Waals surface area contributed by atoms with Gasteiger partial charge in [-0.05, 0) is 56.5 Å². The molecule has 17 heavy (non-hydrogen) atoms.